The first-order valence-electron chi connectivity index (χ1n) is 8.33. The van der Waals surface area contributed by atoms with E-state index in [2.05, 4.69) is 35.1 Å². The molecule has 0 unspecified atom stereocenters. The predicted molar refractivity (Wildman–Crippen MR) is 92.3 cm³/mol. The molecule has 1 aromatic carbocycles. The van der Waals surface area contributed by atoms with Crippen molar-refractivity contribution in [3.05, 3.63) is 42.7 Å². The van der Waals surface area contributed by atoms with E-state index in [1.165, 1.54) is 5.39 Å². The molecule has 2 aromatic rings. The molecule has 0 radical (unpaired) electrons. The average molecular weight is 310 g/mol. The number of ether oxygens (including phenoxy) is 2. The molecule has 4 nitrogen and oxygen atoms in total. The van der Waals surface area contributed by atoms with Crippen molar-refractivity contribution in [2.75, 3.05) is 18.5 Å². The Bertz CT molecular complexity index is 707. The van der Waals surface area contributed by atoms with Crippen molar-refractivity contribution in [3.8, 4) is 0 Å². The maximum absolute atomic E-state index is 5.82. The summed E-state index contributed by atoms with van der Waals surface area (Å²) in [5.74, 6) is -0.298. The van der Waals surface area contributed by atoms with Crippen LogP contribution in [0.1, 0.15) is 31.2 Å². The maximum atomic E-state index is 5.82. The molecule has 0 bridgehead atoms. The number of anilines is 1. The van der Waals surface area contributed by atoms with Crippen LogP contribution in [0.25, 0.3) is 16.8 Å². The Kier molecular flexibility index (Phi) is 3.79. The van der Waals surface area contributed by atoms with Crippen LogP contribution in [0.3, 0.4) is 0 Å². The van der Waals surface area contributed by atoms with Gasteiger partial charge < -0.3 is 14.8 Å². The molecule has 0 atom stereocenters. The molecule has 0 amide bonds. The van der Waals surface area contributed by atoms with Gasteiger partial charge in [-0.25, -0.2) is 0 Å². The topological polar surface area (TPSA) is 43.4 Å². The van der Waals surface area contributed by atoms with Crippen LogP contribution in [-0.4, -0.2) is 30.0 Å². The van der Waals surface area contributed by atoms with Crippen LogP contribution in [0, 0.1) is 0 Å². The van der Waals surface area contributed by atoms with Gasteiger partial charge in [0.05, 0.1) is 13.2 Å². The number of rotatable bonds is 3. The third-order valence-electron chi connectivity index (χ3n) is 4.95. The van der Waals surface area contributed by atoms with Crippen molar-refractivity contribution >= 4 is 22.5 Å². The molecule has 1 saturated heterocycles. The van der Waals surface area contributed by atoms with Gasteiger partial charge in [0.1, 0.15) is 0 Å². The van der Waals surface area contributed by atoms with Gasteiger partial charge in [0.15, 0.2) is 5.79 Å². The number of fused-ring (bicyclic) bond motifs is 1. The van der Waals surface area contributed by atoms with Gasteiger partial charge in [0, 0.05) is 53.3 Å². The highest BCUT2D eigenvalue weighted by molar-refractivity contribution is 5.99. The van der Waals surface area contributed by atoms with Crippen molar-refractivity contribution in [2.45, 2.75) is 37.5 Å². The van der Waals surface area contributed by atoms with E-state index in [4.69, 9.17) is 9.47 Å². The minimum Gasteiger partial charge on any atom is -0.382 e. The van der Waals surface area contributed by atoms with Crippen molar-refractivity contribution in [3.63, 3.8) is 0 Å². The number of aromatic nitrogens is 1. The largest absolute Gasteiger partial charge is 0.382 e. The minimum absolute atomic E-state index is 0.298. The average Bonchev–Trinajstić information content (AvgIpc) is 3.05. The van der Waals surface area contributed by atoms with Crippen LogP contribution in [-0.2, 0) is 9.47 Å². The van der Waals surface area contributed by atoms with E-state index in [0.717, 1.165) is 55.5 Å². The summed E-state index contributed by atoms with van der Waals surface area (Å²) >= 11 is 0. The van der Waals surface area contributed by atoms with Gasteiger partial charge in [0.25, 0.3) is 0 Å². The molecule has 2 fully saturated rings. The van der Waals surface area contributed by atoms with Crippen molar-refractivity contribution in [2.24, 2.45) is 0 Å². The highest BCUT2D eigenvalue weighted by Gasteiger charge is 2.40. The number of nitrogens with zero attached hydrogens (tertiary/aromatic N) is 1. The second-order valence-corrected chi connectivity index (χ2v) is 6.36. The number of pyridine rings is 1. The number of hydrogen-bond acceptors (Lipinski definition) is 4. The summed E-state index contributed by atoms with van der Waals surface area (Å²) in [5, 5.41) is 6.06. The summed E-state index contributed by atoms with van der Waals surface area (Å²) in [6, 6.07) is 6.76. The molecule has 120 valence electrons. The van der Waals surface area contributed by atoms with Gasteiger partial charge in [-0.05, 0) is 18.9 Å². The van der Waals surface area contributed by atoms with Gasteiger partial charge in [-0.3, -0.25) is 4.98 Å². The fourth-order valence-electron chi connectivity index (χ4n) is 3.74. The van der Waals surface area contributed by atoms with Crippen LogP contribution >= 0.6 is 0 Å². The quantitative estimate of drug-likeness (QED) is 0.931. The zero-order valence-corrected chi connectivity index (χ0v) is 13.3. The molecule has 1 aliphatic heterocycles. The Morgan fingerprint density at radius 1 is 1.17 bits per heavy atom. The smallest absolute Gasteiger partial charge is 0.168 e. The van der Waals surface area contributed by atoms with Crippen LogP contribution in [0.2, 0.25) is 0 Å². The predicted octanol–water partition coefficient (Wildman–Crippen LogP) is 3.98. The lowest BCUT2D eigenvalue weighted by Gasteiger charge is -2.36. The normalized spacial score (nSPS) is 20.9. The van der Waals surface area contributed by atoms with Crippen LogP contribution < -0.4 is 5.32 Å². The van der Waals surface area contributed by atoms with E-state index in [1.807, 2.05) is 18.5 Å². The molecule has 1 N–H and O–H groups in total. The van der Waals surface area contributed by atoms with E-state index in [-0.39, 0.29) is 5.79 Å². The lowest BCUT2D eigenvalue weighted by Crippen LogP contribution is -2.39. The minimum atomic E-state index is -0.298. The highest BCUT2D eigenvalue weighted by atomic mass is 16.7. The van der Waals surface area contributed by atoms with E-state index in [1.54, 1.807) is 0 Å². The highest BCUT2D eigenvalue weighted by Crippen LogP contribution is 2.37. The molecule has 2 heterocycles. The number of nitrogens with one attached hydrogen (secondary N) is 1. The van der Waals surface area contributed by atoms with Crippen molar-refractivity contribution in [1.82, 2.24) is 4.98 Å². The summed E-state index contributed by atoms with van der Waals surface area (Å²) in [6.07, 6.45) is 9.70. The van der Waals surface area contributed by atoms with Crippen LogP contribution in [0.4, 0.5) is 5.69 Å². The molecular formula is C19H22N2O2. The standard InChI is InChI=1S/C19H22N2O2/c1-2-14-12-20-13-15-4-3-5-17(18(14)15)21-16-6-8-19(9-7-16)22-10-11-23-19/h2-5,12-13,16,21H,1,6-11H2. The maximum Gasteiger partial charge on any atom is 0.168 e. The summed E-state index contributed by atoms with van der Waals surface area (Å²) < 4.78 is 11.6. The lowest BCUT2D eigenvalue weighted by molar-refractivity contribution is -0.177. The summed E-state index contributed by atoms with van der Waals surface area (Å²) in [5.41, 5.74) is 2.23. The van der Waals surface area contributed by atoms with Gasteiger partial charge in [0.2, 0.25) is 0 Å². The molecule has 1 spiro atoms. The van der Waals surface area contributed by atoms with Gasteiger partial charge >= 0.3 is 0 Å². The van der Waals surface area contributed by atoms with Crippen LogP contribution in [0.15, 0.2) is 37.2 Å². The molecule has 1 aliphatic carbocycles. The molecule has 4 rings (SSSR count). The van der Waals surface area contributed by atoms with Crippen molar-refractivity contribution in [1.29, 1.82) is 0 Å². The van der Waals surface area contributed by atoms with E-state index in [0.29, 0.717) is 6.04 Å². The first kappa shape index (κ1) is 14.7. The van der Waals surface area contributed by atoms with Gasteiger partial charge in [-0.15, -0.1) is 0 Å². The molecule has 23 heavy (non-hydrogen) atoms. The molecule has 4 heteroatoms. The summed E-state index contributed by atoms with van der Waals surface area (Å²) in [6.45, 7) is 5.38. The fraction of sp³-hybridized carbons (Fsp3) is 0.421. The Morgan fingerprint density at radius 2 is 1.96 bits per heavy atom. The fourth-order valence-corrected chi connectivity index (χ4v) is 3.74. The Morgan fingerprint density at radius 3 is 2.70 bits per heavy atom. The Hall–Kier alpha value is -1.91. The lowest BCUT2D eigenvalue weighted by atomic mass is 9.89. The summed E-state index contributed by atoms with van der Waals surface area (Å²) in [4.78, 5) is 4.29. The third-order valence-corrected chi connectivity index (χ3v) is 4.95. The Balaban J connectivity index is 1.55. The first-order valence-corrected chi connectivity index (χ1v) is 8.33. The molecule has 1 aromatic heterocycles. The summed E-state index contributed by atoms with van der Waals surface area (Å²) in [7, 11) is 0. The van der Waals surface area contributed by atoms with Crippen molar-refractivity contribution < 1.29 is 9.47 Å². The second-order valence-electron chi connectivity index (χ2n) is 6.36. The SMILES string of the molecule is C=Cc1cncc2cccc(NC3CCC4(CC3)OCCO4)c12. The van der Waals surface area contributed by atoms with E-state index in [9.17, 15) is 0 Å². The Labute approximate surface area is 136 Å². The van der Waals surface area contributed by atoms with Gasteiger partial charge in [-0.1, -0.05) is 24.8 Å². The first-order chi connectivity index (χ1) is 11.3. The monoisotopic (exact) mass is 310 g/mol. The third kappa shape index (κ3) is 2.73. The second kappa shape index (κ2) is 5.95. The number of hydrogen-bond donors (Lipinski definition) is 1. The van der Waals surface area contributed by atoms with Gasteiger partial charge in [-0.2, -0.15) is 0 Å². The van der Waals surface area contributed by atoms with E-state index >= 15 is 0 Å². The zero-order chi connectivity index (χ0) is 15.7. The van der Waals surface area contributed by atoms with E-state index < -0.39 is 0 Å². The molecule has 1 saturated carbocycles. The number of benzene rings is 1. The van der Waals surface area contributed by atoms with Crippen LogP contribution in [0.5, 0.6) is 0 Å². The zero-order valence-electron chi connectivity index (χ0n) is 13.3. The molecular weight excluding hydrogens is 288 g/mol. The molecule has 2 aliphatic rings.